The predicted octanol–water partition coefficient (Wildman–Crippen LogP) is 2.26. The minimum atomic E-state index is -4.14. The van der Waals surface area contributed by atoms with Crippen molar-refractivity contribution in [3.8, 4) is 0 Å². The molecule has 0 fully saturated rings. The maximum Gasteiger partial charge on any atom is 0.338 e. The highest BCUT2D eigenvalue weighted by molar-refractivity contribution is 7.92. The molecule has 1 aliphatic heterocycles. The molecule has 1 aliphatic rings. The van der Waals surface area contributed by atoms with Gasteiger partial charge in [0.2, 0.25) is 5.91 Å². The number of aromatic nitrogens is 1. The fraction of sp³-hybridized carbons (Fsp3) is 0.370. The molecule has 13 heteroatoms. The molecule has 2 amide bonds. The van der Waals surface area contributed by atoms with Crippen LogP contribution in [0, 0.1) is 0 Å². The highest BCUT2D eigenvalue weighted by atomic mass is 32.2. The Morgan fingerprint density at radius 2 is 1.75 bits per heavy atom. The molecular weight excluding hydrogens is 558 g/mol. The van der Waals surface area contributed by atoms with Gasteiger partial charge in [0.1, 0.15) is 18.1 Å². The molecule has 0 atom stereocenters. The smallest absolute Gasteiger partial charge is 0.338 e. The molecule has 0 radical (unpaired) electrons. The minimum absolute atomic E-state index is 0.0561. The molecule has 0 unspecified atom stereocenters. The summed E-state index contributed by atoms with van der Waals surface area (Å²) in [5.41, 5.74) is 2.42. The Kier molecular flexibility index (Phi) is 9.15. The number of nitrogens with zero attached hydrogens (tertiary/aromatic N) is 3. The molecule has 0 bridgehead atoms. The van der Waals surface area contributed by atoms with Gasteiger partial charge in [0.25, 0.3) is 5.91 Å². The first kappa shape index (κ1) is 29.2. The first-order chi connectivity index (χ1) is 19.1. The summed E-state index contributed by atoms with van der Waals surface area (Å²) in [5.74, 6) is -4.51. The highest BCUT2D eigenvalue weighted by Gasteiger charge is 2.28. The Hall–Kier alpha value is -3.84. The van der Waals surface area contributed by atoms with Crippen LogP contribution in [0.2, 0.25) is 0 Å². The van der Waals surface area contributed by atoms with Crippen LogP contribution in [0.5, 0.6) is 0 Å². The summed E-state index contributed by atoms with van der Waals surface area (Å²) in [6, 6.07) is 12.0. The van der Waals surface area contributed by atoms with Gasteiger partial charge in [-0.25, -0.2) is 13.2 Å². The fourth-order valence-corrected chi connectivity index (χ4v) is 6.59. The molecule has 212 valence electrons. The predicted molar refractivity (Wildman–Crippen MR) is 149 cm³/mol. The van der Waals surface area contributed by atoms with Crippen molar-refractivity contribution in [1.29, 1.82) is 0 Å². The molecule has 40 heavy (non-hydrogen) atoms. The molecule has 0 N–H and O–H groups in total. The lowest BCUT2D eigenvalue weighted by molar-refractivity contribution is -0.143. The van der Waals surface area contributed by atoms with E-state index in [4.69, 9.17) is 9.47 Å². The topological polar surface area (TPSA) is 141 Å². The summed E-state index contributed by atoms with van der Waals surface area (Å²) in [7, 11) is -4.14. The molecule has 0 spiro atoms. The van der Waals surface area contributed by atoms with Gasteiger partial charge in [0.05, 0.1) is 29.0 Å². The number of fused-ring (bicyclic) bond motifs is 2. The summed E-state index contributed by atoms with van der Waals surface area (Å²) in [6.07, 6.45) is 1.51. The number of amides is 2. The van der Waals surface area contributed by atoms with Crippen LogP contribution in [0.1, 0.15) is 36.2 Å². The zero-order valence-electron chi connectivity index (χ0n) is 22.1. The number of anilines is 1. The van der Waals surface area contributed by atoms with Crippen molar-refractivity contribution in [2.75, 3.05) is 36.2 Å². The first-order valence-electron chi connectivity index (χ1n) is 12.7. The SMILES string of the molecule is CCOC(=O)Cn1c(=NC(=O)CS(=O)(=O)CC(=O)N2CCCc3ccccc32)sc2cc(C(=O)OCC)ccc21. The standard InChI is InChI=1S/C27H29N3O8S2/c1-3-37-25(33)15-30-21-12-11-19(26(34)38-4-2)14-22(21)39-27(30)28-23(31)16-40(35,36)17-24(32)29-13-7-9-18-8-5-6-10-20(18)29/h5-6,8,10-12,14H,3-4,7,9,13,15-17H2,1-2H3. The lowest BCUT2D eigenvalue weighted by Gasteiger charge is -2.29. The third-order valence-electron chi connectivity index (χ3n) is 6.10. The monoisotopic (exact) mass is 587 g/mol. The number of thiazole rings is 1. The van der Waals surface area contributed by atoms with E-state index in [0.717, 1.165) is 23.3 Å². The quantitative estimate of drug-likeness (QED) is 0.347. The molecule has 11 nitrogen and oxygen atoms in total. The lowest BCUT2D eigenvalue weighted by atomic mass is 10.0. The van der Waals surface area contributed by atoms with Gasteiger partial charge >= 0.3 is 11.9 Å². The van der Waals surface area contributed by atoms with E-state index in [1.807, 2.05) is 12.1 Å². The van der Waals surface area contributed by atoms with Gasteiger partial charge in [0.15, 0.2) is 14.6 Å². The van der Waals surface area contributed by atoms with Crippen LogP contribution in [-0.2, 0) is 46.7 Å². The summed E-state index contributed by atoms with van der Waals surface area (Å²) in [4.78, 5) is 55.6. The molecule has 0 aliphatic carbocycles. The van der Waals surface area contributed by atoms with Crippen LogP contribution in [0.4, 0.5) is 5.69 Å². The zero-order valence-corrected chi connectivity index (χ0v) is 23.8. The van der Waals surface area contributed by atoms with Crippen molar-refractivity contribution in [3.63, 3.8) is 0 Å². The third kappa shape index (κ3) is 6.83. The highest BCUT2D eigenvalue weighted by Crippen LogP contribution is 2.27. The van der Waals surface area contributed by atoms with E-state index in [0.29, 0.717) is 28.9 Å². The average Bonchev–Trinajstić information content (AvgIpc) is 3.23. The summed E-state index contributed by atoms with van der Waals surface area (Å²) in [6.45, 7) is 3.80. The van der Waals surface area contributed by atoms with E-state index >= 15 is 0 Å². The van der Waals surface area contributed by atoms with E-state index in [1.54, 1.807) is 38.1 Å². The second kappa shape index (κ2) is 12.6. The molecule has 0 saturated carbocycles. The van der Waals surface area contributed by atoms with Crippen molar-refractivity contribution in [3.05, 3.63) is 58.4 Å². The Morgan fingerprint density at radius 3 is 2.50 bits per heavy atom. The Balaban J connectivity index is 1.59. The molecule has 2 heterocycles. The molecule has 1 aromatic heterocycles. The number of rotatable bonds is 9. The number of aryl methyl sites for hydroxylation is 1. The number of ether oxygens (including phenoxy) is 2. The van der Waals surface area contributed by atoms with Crippen LogP contribution in [0.15, 0.2) is 47.5 Å². The Bertz CT molecular complexity index is 1640. The Morgan fingerprint density at radius 1 is 1.00 bits per heavy atom. The summed E-state index contributed by atoms with van der Waals surface area (Å²) in [5, 5.41) is 0. The van der Waals surface area contributed by atoms with Gasteiger partial charge in [-0.05, 0) is 56.5 Å². The number of para-hydroxylation sites is 1. The van der Waals surface area contributed by atoms with Crippen molar-refractivity contribution >= 4 is 60.8 Å². The second-order valence-corrected chi connectivity index (χ2v) is 12.1. The molecule has 0 saturated heterocycles. The number of benzene rings is 2. The van der Waals surface area contributed by atoms with Crippen LogP contribution < -0.4 is 9.70 Å². The van der Waals surface area contributed by atoms with Crippen molar-refractivity contribution in [2.24, 2.45) is 4.99 Å². The Labute approximate surface area is 234 Å². The first-order valence-corrected chi connectivity index (χ1v) is 15.4. The molecule has 2 aromatic carbocycles. The molecule has 3 aromatic rings. The number of carbonyl (C=O) groups excluding carboxylic acids is 4. The van der Waals surface area contributed by atoms with Gasteiger partial charge in [-0.2, -0.15) is 4.99 Å². The van der Waals surface area contributed by atoms with Crippen molar-refractivity contribution in [1.82, 2.24) is 4.57 Å². The molecular formula is C27H29N3O8S2. The van der Waals surface area contributed by atoms with E-state index < -0.39 is 45.1 Å². The number of carbonyl (C=O) groups is 4. The van der Waals surface area contributed by atoms with E-state index in [1.165, 1.54) is 15.5 Å². The minimum Gasteiger partial charge on any atom is -0.465 e. The summed E-state index contributed by atoms with van der Waals surface area (Å²) < 4.78 is 37.7. The number of sulfone groups is 1. The fourth-order valence-electron chi connectivity index (χ4n) is 4.43. The molecule has 4 rings (SSSR count). The van der Waals surface area contributed by atoms with Crippen LogP contribution in [0.25, 0.3) is 10.2 Å². The third-order valence-corrected chi connectivity index (χ3v) is 8.52. The normalized spacial score (nSPS) is 13.7. The number of esters is 2. The zero-order chi connectivity index (χ0) is 28.9. The maximum absolute atomic E-state index is 12.9. The average molecular weight is 588 g/mol. The number of hydrogen-bond acceptors (Lipinski definition) is 9. The van der Waals surface area contributed by atoms with Crippen LogP contribution >= 0.6 is 11.3 Å². The van der Waals surface area contributed by atoms with Gasteiger partial charge in [-0.3, -0.25) is 14.4 Å². The van der Waals surface area contributed by atoms with Gasteiger partial charge in [0, 0.05) is 12.2 Å². The van der Waals surface area contributed by atoms with Crippen LogP contribution in [0.3, 0.4) is 0 Å². The van der Waals surface area contributed by atoms with Gasteiger partial charge in [-0.15, -0.1) is 0 Å². The maximum atomic E-state index is 12.9. The van der Waals surface area contributed by atoms with Crippen molar-refractivity contribution in [2.45, 2.75) is 33.2 Å². The van der Waals surface area contributed by atoms with E-state index in [9.17, 15) is 27.6 Å². The van der Waals surface area contributed by atoms with Crippen molar-refractivity contribution < 1.29 is 37.1 Å². The van der Waals surface area contributed by atoms with Crippen LogP contribution in [-0.4, -0.2) is 68.0 Å². The van der Waals surface area contributed by atoms with Gasteiger partial charge < -0.3 is 18.9 Å². The lowest BCUT2D eigenvalue weighted by Crippen LogP contribution is -2.40. The van der Waals surface area contributed by atoms with Gasteiger partial charge in [-0.1, -0.05) is 29.5 Å². The largest absolute Gasteiger partial charge is 0.465 e. The van der Waals surface area contributed by atoms with E-state index in [-0.39, 0.29) is 30.1 Å². The number of hydrogen-bond donors (Lipinski definition) is 0. The summed E-state index contributed by atoms with van der Waals surface area (Å²) >= 11 is 1.01. The second-order valence-electron chi connectivity index (χ2n) is 8.99. The van der Waals surface area contributed by atoms with E-state index in [2.05, 4.69) is 4.99 Å².